The summed E-state index contributed by atoms with van der Waals surface area (Å²) >= 11 is 1.55. The van der Waals surface area contributed by atoms with Gasteiger partial charge in [0.25, 0.3) is 0 Å². The number of carbonyl (C=O) groups excluding carboxylic acids is 1. The fraction of sp³-hybridized carbons (Fsp3) is 0.357. The fourth-order valence-electron chi connectivity index (χ4n) is 1.40. The molecule has 1 rings (SSSR count). The van der Waals surface area contributed by atoms with Gasteiger partial charge in [0.15, 0.2) is 0 Å². The van der Waals surface area contributed by atoms with Crippen LogP contribution in [0.25, 0.3) is 0 Å². The largest absolute Gasteiger partial charge is 0.352 e. The molecule has 0 bridgehead atoms. The molecule has 0 heterocycles. The topological polar surface area (TPSA) is 41.1 Å². The first-order valence-electron chi connectivity index (χ1n) is 6.06. The summed E-state index contributed by atoms with van der Waals surface area (Å²) < 4.78 is 0. The molecule has 0 unspecified atom stereocenters. The number of hydrogen-bond acceptors (Lipinski definition) is 3. The molecular formula is C14H20N2OS. The monoisotopic (exact) mass is 264 g/mol. The molecule has 0 atom stereocenters. The van der Waals surface area contributed by atoms with Crippen LogP contribution >= 0.6 is 11.8 Å². The molecule has 0 fully saturated rings. The second-order valence-electron chi connectivity index (χ2n) is 3.81. The van der Waals surface area contributed by atoms with Gasteiger partial charge in [-0.25, -0.2) is 0 Å². The summed E-state index contributed by atoms with van der Waals surface area (Å²) in [5.41, 5.74) is 1.24. The van der Waals surface area contributed by atoms with E-state index in [1.165, 1.54) is 5.56 Å². The predicted molar refractivity (Wildman–Crippen MR) is 77.8 cm³/mol. The minimum Gasteiger partial charge on any atom is -0.352 e. The molecule has 18 heavy (non-hydrogen) atoms. The summed E-state index contributed by atoms with van der Waals surface area (Å²) in [6, 6.07) is 8.26. The zero-order chi connectivity index (χ0) is 13.2. The van der Waals surface area contributed by atoms with E-state index in [4.69, 9.17) is 0 Å². The lowest BCUT2D eigenvalue weighted by Gasteiger charge is -2.06. The van der Waals surface area contributed by atoms with Gasteiger partial charge >= 0.3 is 0 Å². The maximum Gasteiger partial charge on any atom is 0.230 e. The van der Waals surface area contributed by atoms with E-state index in [9.17, 15) is 4.79 Å². The van der Waals surface area contributed by atoms with Crippen LogP contribution in [0.4, 0.5) is 0 Å². The number of benzene rings is 1. The van der Waals surface area contributed by atoms with Crippen molar-refractivity contribution in [1.29, 1.82) is 0 Å². The number of amides is 1. The molecule has 0 saturated heterocycles. The minimum absolute atomic E-state index is 0.0389. The predicted octanol–water partition coefficient (Wildman–Crippen LogP) is 2.19. The highest BCUT2D eigenvalue weighted by Gasteiger charge is 2.02. The Labute approximate surface area is 113 Å². The van der Waals surface area contributed by atoms with E-state index in [1.807, 2.05) is 12.1 Å². The first-order valence-corrected chi connectivity index (χ1v) is 7.05. The molecule has 0 aromatic heterocycles. The van der Waals surface area contributed by atoms with Gasteiger partial charge in [0.2, 0.25) is 5.91 Å². The molecule has 1 amide bonds. The molecule has 1 aromatic rings. The molecule has 0 aliphatic carbocycles. The average molecular weight is 264 g/mol. The van der Waals surface area contributed by atoms with Gasteiger partial charge in [-0.15, -0.1) is 18.3 Å². The average Bonchev–Trinajstić information content (AvgIpc) is 2.41. The number of thioether (sulfide) groups is 1. The second-order valence-corrected chi connectivity index (χ2v) is 4.86. The second kappa shape index (κ2) is 8.78. The van der Waals surface area contributed by atoms with E-state index < -0.39 is 0 Å². The van der Waals surface area contributed by atoms with Crippen molar-refractivity contribution in [3.63, 3.8) is 0 Å². The summed E-state index contributed by atoms with van der Waals surface area (Å²) in [5, 5.41) is 6.05. The number of rotatable bonds is 8. The summed E-state index contributed by atoms with van der Waals surface area (Å²) in [6.45, 7) is 8.00. The van der Waals surface area contributed by atoms with Crippen LogP contribution < -0.4 is 10.6 Å². The minimum atomic E-state index is 0.0389. The SMILES string of the molecule is C=CCNC(=O)CSc1cccc(CNCC)c1. The Morgan fingerprint density at radius 3 is 3.06 bits per heavy atom. The van der Waals surface area contributed by atoms with Crippen LogP contribution in [0.2, 0.25) is 0 Å². The highest BCUT2D eigenvalue weighted by molar-refractivity contribution is 8.00. The molecule has 98 valence electrons. The zero-order valence-corrected chi connectivity index (χ0v) is 11.6. The van der Waals surface area contributed by atoms with Crippen LogP contribution in [-0.4, -0.2) is 24.7 Å². The quantitative estimate of drug-likeness (QED) is 0.558. The smallest absolute Gasteiger partial charge is 0.230 e. The van der Waals surface area contributed by atoms with Crippen LogP contribution in [0, 0.1) is 0 Å². The Morgan fingerprint density at radius 1 is 1.50 bits per heavy atom. The molecule has 0 spiro atoms. The van der Waals surface area contributed by atoms with Crippen molar-refractivity contribution in [3.8, 4) is 0 Å². The van der Waals surface area contributed by atoms with E-state index in [0.717, 1.165) is 18.0 Å². The molecule has 0 saturated carbocycles. The Kier molecular flexibility index (Phi) is 7.22. The summed E-state index contributed by atoms with van der Waals surface area (Å²) in [7, 11) is 0. The van der Waals surface area contributed by atoms with Crippen molar-refractivity contribution < 1.29 is 4.79 Å². The molecule has 0 aliphatic heterocycles. The van der Waals surface area contributed by atoms with Gasteiger partial charge in [-0.3, -0.25) is 4.79 Å². The third-order valence-corrected chi connectivity index (χ3v) is 3.28. The van der Waals surface area contributed by atoms with Crippen LogP contribution in [0.3, 0.4) is 0 Å². The van der Waals surface area contributed by atoms with Crippen molar-refractivity contribution in [1.82, 2.24) is 10.6 Å². The van der Waals surface area contributed by atoms with Crippen molar-refractivity contribution in [2.24, 2.45) is 0 Å². The third-order valence-electron chi connectivity index (χ3n) is 2.29. The molecule has 0 radical (unpaired) electrons. The molecular weight excluding hydrogens is 244 g/mol. The van der Waals surface area contributed by atoms with E-state index >= 15 is 0 Å². The van der Waals surface area contributed by atoms with Gasteiger partial charge in [-0.2, -0.15) is 0 Å². The van der Waals surface area contributed by atoms with Crippen LogP contribution in [-0.2, 0) is 11.3 Å². The first kappa shape index (κ1) is 14.8. The van der Waals surface area contributed by atoms with Gasteiger partial charge < -0.3 is 10.6 Å². The first-order chi connectivity index (χ1) is 8.76. The third kappa shape index (κ3) is 5.89. The Morgan fingerprint density at radius 2 is 2.33 bits per heavy atom. The van der Waals surface area contributed by atoms with Crippen molar-refractivity contribution in [3.05, 3.63) is 42.5 Å². The number of nitrogens with one attached hydrogen (secondary N) is 2. The Balaban J connectivity index is 2.41. The van der Waals surface area contributed by atoms with Gasteiger partial charge in [-0.05, 0) is 24.2 Å². The number of hydrogen-bond donors (Lipinski definition) is 2. The fourth-order valence-corrected chi connectivity index (χ4v) is 2.21. The molecule has 0 aliphatic rings. The maximum absolute atomic E-state index is 11.4. The summed E-state index contributed by atoms with van der Waals surface area (Å²) in [4.78, 5) is 12.6. The van der Waals surface area contributed by atoms with Gasteiger partial charge in [-0.1, -0.05) is 25.1 Å². The zero-order valence-electron chi connectivity index (χ0n) is 10.7. The van der Waals surface area contributed by atoms with E-state index in [1.54, 1.807) is 17.8 Å². The Bertz CT molecular complexity index is 393. The summed E-state index contributed by atoms with van der Waals surface area (Å²) in [5.74, 6) is 0.482. The lowest BCUT2D eigenvalue weighted by molar-refractivity contribution is -0.118. The highest BCUT2D eigenvalue weighted by atomic mass is 32.2. The van der Waals surface area contributed by atoms with Gasteiger partial charge in [0.1, 0.15) is 0 Å². The van der Waals surface area contributed by atoms with Gasteiger partial charge in [0.05, 0.1) is 5.75 Å². The molecule has 3 nitrogen and oxygen atoms in total. The lowest BCUT2D eigenvalue weighted by atomic mass is 10.2. The molecule has 2 N–H and O–H groups in total. The van der Waals surface area contributed by atoms with Crippen LogP contribution in [0.1, 0.15) is 12.5 Å². The molecule has 1 aromatic carbocycles. The van der Waals surface area contributed by atoms with Gasteiger partial charge in [0, 0.05) is 18.0 Å². The normalized spacial score (nSPS) is 10.1. The van der Waals surface area contributed by atoms with Crippen molar-refractivity contribution in [2.75, 3.05) is 18.8 Å². The van der Waals surface area contributed by atoms with Crippen LogP contribution in [0.5, 0.6) is 0 Å². The van der Waals surface area contributed by atoms with E-state index in [2.05, 4.69) is 36.3 Å². The maximum atomic E-state index is 11.4. The standard InChI is InChI=1S/C14H20N2OS/c1-3-8-16-14(17)11-18-13-7-5-6-12(9-13)10-15-4-2/h3,5-7,9,15H,1,4,8,10-11H2,2H3,(H,16,17). The van der Waals surface area contributed by atoms with E-state index in [-0.39, 0.29) is 5.91 Å². The van der Waals surface area contributed by atoms with Crippen molar-refractivity contribution >= 4 is 17.7 Å². The Hall–Kier alpha value is -1.26. The lowest BCUT2D eigenvalue weighted by Crippen LogP contribution is -2.24. The van der Waals surface area contributed by atoms with E-state index in [0.29, 0.717) is 12.3 Å². The number of carbonyl (C=O) groups is 1. The van der Waals surface area contributed by atoms with Crippen molar-refractivity contribution in [2.45, 2.75) is 18.4 Å². The highest BCUT2D eigenvalue weighted by Crippen LogP contribution is 2.18. The summed E-state index contributed by atoms with van der Waals surface area (Å²) in [6.07, 6.45) is 1.68. The molecule has 4 heteroatoms. The van der Waals surface area contributed by atoms with Crippen LogP contribution in [0.15, 0.2) is 41.8 Å².